The maximum absolute atomic E-state index is 5.46. The Bertz CT molecular complexity index is 506. The Kier molecular flexibility index (Phi) is 11.0. The van der Waals surface area contributed by atoms with Crippen LogP contribution in [0, 0.1) is 0 Å². The lowest BCUT2D eigenvalue weighted by Gasteiger charge is -2.21. The Hall–Kier alpha value is -1.56. The van der Waals surface area contributed by atoms with Gasteiger partial charge in [-0.15, -0.1) is 0 Å². The van der Waals surface area contributed by atoms with Crippen LogP contribution in [0.25, 0.3) is 0 Å². The van der Waals surface area contributed by atoms with Gasteiger partial charge in [0.15, 0.2) is 11.7 Å². The molecular weight excluding hydrogens is 326 g/mol. The smallest absolute Gasteiger partial charge is 0.191 e. The van der Waals surface area contributed by atoms with E-state index in [9.17, 15) is 0 Å². The SMILES string of the molecule is CCC(CC)c1cc(CNC(=NC)NC(C)CCCN(CC)CC)on1. The van der Waals surface area contributed by atoms with Crippen molar-refractivity contribution >= 4 is 5.96 Å². The number of aliphatic imine (C=N–C) groups is 1. The Labute approximate surface area is 159 Å². The normalized spacial score (nSPS) is 13.5. The van der Waals surface area contributed by atoms with E-state index in [1.165, 1.54) is 6.42 Å². The summed E-state index contributed by atoms with van der Waals surface area (Å²) in [6.07, 6.45) is 4.49. The van der Waals surface area contributed by atoms with Crippen molar-refractivity contribution in [2.24, 2.45) is 4.99 Å². The zero-order valence-corrected chi connectivity index (χ0v) is 17.6. The molecule has 0 bridgehead atoms. The van der Waals surface area contributed by atoms with Crippen LogP contribution < -0.4 is 10.6 Å². The highest BCUT2D eigenvalue weighted by atomic mass is 16.5. The lowest BCUT2D eigenvalue weighted by molar-refractivity contribution is 0.292. The van der Waals surface area contributed by atoms with Crippen LogP contribution in [0.1, 0.15) is 77.7 Å². The molecule has 0 spiro atoms. The molecule has 1 unspecified atom stereocenters. The molecule has 0 aliphatic carbocycles. The van der Waals surface area contributed by atoms with E-state index in [1.54, 1.807) is 7.05 Å². The fourth-order valence-electron chi connectivity index (χ4n) is 3.14. The third-order valence-electron chi connectivity index (χ3n) is 5.02. The second-order valence-electron chi connectivity index (χ2n) is 6.87. The Morgan fingerprint density at radius 3 is 2.50 bits per heavy atom. The van der Waals surface area contributed by atoms with Crippen LogP contribution in [0.4, 0.5) is 0 Å². The zero-order valence-electron chi connectivity index (χ0n) is 17.6. The van der Waals surface area contributed by atoms with E-state index in [1.807, 2.05) is 0 Å². The summed E-state index contributed by atoms with van der Waals surface area (Å²) in [5, 5.41) is 11.0. The van der Waals surface area contributed by atoms with Crippen molar-refractivity contribution in [2.75, 3.05) is 26.7 Å². The van der Waals surface area contributed by atoms with Crippen molar-refractivity contribution in [1.82, 2.24) is 20.7 Å². The predicted molar refractivity (Wildman–Crippen MR) is 110 cm³/mol. The topological polar surface area (TPSA) is 65.7 Å². The first-order chi connectivity index (χ1) is 12.6. The zero-order chi connectivity index (χ0) is 19.4. The van der Waals surface area contributed by atoms with Gasteiger partial charge in [-0.25, -0.2) is 0 Å². The maximum Gasteiger partial charge on any atom is 0.191 e. The minimum atomic E-state index is 0.381. The van der Waals surface area contributed by atoms with Gasteiger partial charge < -0.3 is 20.1 Å². The van der Waals surface area contributed by atoms with Crippen LogP contribution in [0.15, 0.2) is 15.6 Å². The Morgan fingerprint density at radius 2 is 1.92 bits per heavy atom. The van der Waals surface area contributed by atoms with E-state index >= 15 is 0 Å². The molecule has 1 aromatic rings. The van der Waals surface area contributed by atoms with Gasteiger partial charge in [0.2, 0.25) is 0 Å². The number of guanidine groups is 1. The molecule has 1 atom stereocenters. The van der Waals surface area contributed by atoms with Gasteiger partial charge in [0.25, 0.3) is 0 Å². The Morgan fingerprint density at radius 1 is 1.23 bits per heavy atom. The van der Waals surface area contributed by atoms with Crippen LogP contribution in [0.3, 0.4) is 0 Å². The van der Waals surface area contributed by atoms with Crippen molar-refractivity contribution in [2.45, 2.75) is 78.8 Å². The van der Waals surface area contributed by atoms with E-state index in [0.717, 1.165) is 56.3 Å². The predicted octanol–water partition coefficient (Wildman–Crippen LogP) is 3.75. The first-order valence-corrected chi connectivity index (χ1v) is 10.2. The Balaban J connectivity index is 2.38. The van der Waals surface area contributed by atoms with Gasteiger partial charge in [-0.2, -0.15) is 0 Å². The average Bonchev–Trinajstić information content (AvgIpc) is 3.12. The van der Waals surface area contributed by atoms with Crippen LogP contribution in [-0.4, -0.2) is 48.7 Å². The summed E-state index contributed by atoms with van der Waals surface area (Å²) in [5.74, 6) is 2.14. The molecular formula is C20H39N5O. The van der Waals surface area contributed by atoms with E-state index in [0.29, 0.717) is 18.5 Å². The lowest BCUT2D eigenvalue weighted by atomic mass is 9.99. The quantitative estimate of drug-likeness (QED) is 0.436. The largest absolute Gasteiger partial charge is 0.359 e. The monoisotopic (exact) mass is 365 g/mol. The van der Waals surface area contributed by atoms with E-state index in [-0.39, 0.29) is 0 Å². The van der Waals surface area contributed by atoms with Gasteiger partial charge in [-0.05, 0) is 52.2 Å². The number of nitrogens with one attached hydrogen (secondary N) is 2. The van der Waals surface area contributed by atoms with Gasteiger partial charge >= 0.3 is 0 Å². The fourth-order valence-corrected chi connectivity index (χ4v) is 3.14. The molecule has 150 valence electrons. The van der Waals surface area contributed by atoms with Gasteiger partial charge in [0, 0.05) is 25.1 Å². The van der Waals surface area contributed by atoms with Crippen molar-refractivity contribution in [3.8, 4) is 0 Å². The maximum atomic E-state index is 5.46. The lowest BCUT2D eigenvalue weighted by Crippen LogP contribution is -2.42. The molecule has 26 heavy (non-hydrogen) atoms. The van der Waals surface area contributed by atoms with E-state index < -0.39 is 0 Å². The fraction of sp³-hybridized carbons (Fsp3) is 0.800. The van der Waals surface area contributed by atoms with Crippen LogP contribution in [-0.2, 0) is 6.54 Å². The number of rotatable bonds is 12. The minimum Gasteiger partial charge on any atom is -0.359 e. The highest BCUT2D eigenvalue weighted by Crippen LogP contribution is 2.22. The summed E-state index contributed by atoms with van der Waals surface area (Å²) >= 11 is 0. The first-order valence-electron chi connectivity index (χ1n) is 10.2. The number of nitrogens with zero attached hydrogens (tertiary/aromatic N) is 3. The molecule has 0 radical (unpaired) electrons. The molecule has 1 aromatic heterocycles. The summed E-state index contributed by atoms with van der Waals surface area (Å²) in [6, 6.07) is 2.44. The third-order valence-corrected chi connectivity index (χ3v) is 5.02. The van der Waals surface area contributed by atoms with Gasteiger partial charge in [0.1, 0.15) is 0 Å². The van der Waals surface area contributed by atoms with Gasteiger partial charge in [0.05, 0.1) is 12.2 Å². The summed E-state index contributed by atoms with van der Waals surface area (Å²) in [7, 11) is 1.80. The number of hydrogen-bond acceptors (Lipinski definition) is 4. The van der Waals surface area contributed by atoms with Crippen molar-refractivity contribution in [3.63, 3.8) is 0 Å². The summed E-state index contributed by atoms with van der Waals surface area (Å²) in [6.45, 7) is 15.0. The molecule has 1 heterocycles. The van der Waals surface area contributed by atoms with Crippen LogP contribution >= 0.6 is 0 Å². The molecule has 0 fully saturated rings. The summed E-state index contributed by atoms with van der Waals surface area (Å²) < 4.78 is 5.46. The summed E-state index contributed by atoms with van der Waals surface area (Å²) in [5.41, 5.74) is 1.06. The highest BCUT2D eigenvalue weighted by molar-refractivity contribution is 5.79. The minimum absolute atomic E-state index is 0.381. The van der Waals surface area contributed by atoms with E-state index in [2.05, 4.69) is 66.4 Å². The first kappa shape index (κ1) is 22.5. The van der Waals surface area contributed by atoms with Gasteiger partial charge in [-0.1, -0.05) is 32.9 Å². The molecule has 0 saturated carbocycles. The standard InChI is InChI=1S/C20H39N5O/c1-7-17(8-2)19-14-18(26-24-19)15-22-20(21-6)23-16(5)12-11-13-25(9-3)10-4/h14,16-17H,7-13,15H2,1-6H3,(H2,21,22,23). The molecule has 6 nitrogen and oxygen atoms in total. The van der Waals surface area contributed by atoms with Gasteiger partial charge in [-0.3, -0.25) is 4.99 Å². The second kappa shape index (κ2) is 12.7. The molecule has 0 aromatic carbocycles. The number of hydrogen-bond donors (Lipinski definition) is 2. The molecule has 0 aliphatic heterocycles. The second-order valence-corrected chi connectivity index (χ2v) is 6.87. The van der Waals surface area contributed by atoms with Crippen LogP contribution in [0.2, 0.25) is 0 Å². The molecule has 2 N–H and O–H groups in total. The highest BCUT2D eigenvalue weighted by Gasteiger charge is 2.13. The number of aromatic nitrogens is 1. The average molecular weight is 366 g/mol. The summed E-state index contributed by atoms with van der Waals surface area (Å²) in [4.78, 5) is 6.77. The van der Waals surface area contributed by atoms with E-state index in [4.69, 9.17) is 4.52 Å². The van der Waals surface area contributed by atoms with Crippen LogP contribution in [0.5, 0.6) is 0 Å². The van der Waals surface area contributed by atoms with Crippen molar-refractivity contribution in [3.05, 3.63) is 17.5 Å². The molecule has 0 saturated heterocycles. The molecule has 0 aliphatic rings. The molecule has 6 heteroatoms. The molecule has 1 rings (SSSR count). The van der Waals surface area contributed by atoms with Crippen molar-refractivity contribution < 1.29 is 4.52 Å². The van der Waals surface area contributed by atoms with Crippen molar-refractivity contribution in [1.29, 1.82) is 0 Å². The molecule has 0 amide bonds. The third kappa shape index (κ3) is 7.77.